The van der Waals surface area contributed by atoms with Crippen molar-refractivity contribution in [2.45, 2.75) is 58.1 Å². The lowest BCUT2D eigenvalue weighted by Gasteiger charge is -2.29. The van der Waals surface area contributed by atoms with Gasteiger partial charge in [0.15, 0.2) is 0 Å². The summed E-state index contributed by atoms with van der Waals surface area (Å²) in [5, 5.41) is 0. The van der Waals surface area contributed by atoms with Crippen LogP contribution in [0.4, 0.5) is 0 Å². The van der Waals surface area contributed by atoms with Crippen molar-refractivity contribution < 1.29 is 4.74 Å². The molecule has 0 aliphatic heterocycles. The third kappa shape index (κ3) is 3.26. The van der Waals surface area contributed by atoms with Gasteiger partial charge in [-0.2, -0.15) is 0 Å². The standard InChI is InChI=1S/C16H25NO/c1-3-15(17)13-8-10-14(11-9-13)18-16-7-5-4-6-12(16)2/h8-12,15-16H,3-7,17H2,1-2H3. The van der Waals surface area contributed by atoms with Crippen LogP contribution in [0.1, 0.15) is 57.6 Å². The summed E-state index contributed by atoms with van der Waals surface area (Å²) in [7, 11) is 0. The molecule has 2 rings (SSSR count). The molecule has 1 aromatic carbocycles. The first-order valence-corrected chi connectivity index (χ1v) is 7.23. The third-order valence-electron chi connectivity index (χ3n) is 4.07. The third-order valence-corrected chi connectivity index (χ3v) is 4.07. The maximum atomic E-state index is 6.10. The van der Waals surface area contributed by atoms with Crippen LogP contribution in [-0.4, -0.2) is 6.10 Å². The zero-order chi connectivity index (χ0) is 13.0. The molecule has 1 saturated carbocycles. The van der Waals surface area contributed by atoms with Crippen LogP contribution in [-0.2, 0) is 0 Å². The minimum absolute atomic E-state index is 0.146. The van der Waals surface area contributed by atoms with Crippen molar-refractivity contribution in [3.8, 4) is 5.75 Å². The van der Waals surface area contributed by atoms with E-state index in [-0.39, 0.29) is 6.04 Å². The molecule has 0 amide bonds. The highest BCUT2D eigenvalue weighted by Crippen LogP contribution is 2.28. The first kappa shape index (κ1) is 13.4. The molecule has 1 fully saturated rings. The van der Waals surface area contributed by atoms with Gasteiger partial charge < -0.3 is 10.5 Å². The number of benzene rings is 1. The van der Waals surface area contributed by atoms with E-state index in [9.17, 15) is 0 Å². The van der Waals surface area contributed by atoms with Gasteiger partial charge in [0.1, 0.15) is 11.9 Å². The predicted octanol–water partition coefficient (Wildman–Crippen LogP) is 4.05. The molecule has 0 bridgehead atoms. The molecule has 0 heterocycles. The van der Waals surface area contributed by atoms with E-state index >= 15 is 0 Å². The Balaban J connectivity index is 1.97. The summed E-state index contributed by atoms with van der Waals surface area (Å²) in [6, 6.07) is 8.46. The average Bonchev–Trinajstić information content (AvgIpc) is 2.41. The molecule has 0 spiro atoms. The van der Waals surface area contributed by atoms with Crippen molar-refractivity contribution in [1.29, 1.82) is 0 Å². The average molecular weight is 247 g/mol. The van der Waals surface area contributed by atoms with Crippen LogP contribution in [0.25, 0.3) is 0 Å². The van der Waals surface area contributed by atoms with Gasteiger partial charge in [-0.05, 0) is 49.3 Å². The Morgan fingerprint density at radius 1 is 1.22 bits per heavy atom. The molecule has 3 atom stereocenters. The Morgan fingerprint density at radius 2 is 1.89 bits per heavy atom. The van der Waals surface area contributed by atoms with Crippen LogP contribution in [0.3, 0.4) is 0 Å². The lowest BCUT2D eigenvalue weighted by atomic mass is 9.88. The molecular formula is C16H25NO. The topological polar surface area (TPSA) is 35.2 Å². The molecule has 2 heteroatoms. The fourth-order valence-electron chi connectivity index (χ4n) is 2.66. The SMILES string of the molecule is CCC(N)c1ccc(OC2CCCCC2C)cc1. The van der Waals surface area contributed by atoms with Gasteiger partial charge in [-0.1, -0.05) is 32.4 Å². The normalized spacial score (nSPS) is 25.7. The highest BCUT2D eigenvalue weighted by Gasteiger charge is 2.22. The smallest absolute Gasteiger partial charge is 0.119 e. The van der Waals surface area contributed by atoms with Gasteiger partial charge in [0.25, 0.3) is 0 Å². The van der Waals surface area contributed by atoms with Crippen LogP contribution >= 0.6 is 0 Å². The quantitative estimate of drug-likeness (QED) is 0.871. The van der Waals surface area contributed by atoms with E-state index in [1.165, 1.54) is 31.2 Å². The Hall–Kier alpha value is -1.02. The Kier molecular flexibility index (Phi) is 4.65. The molecule has 1 aliphatic carbocycles. The van der Waals surface area contributed by atoms with E-state index < -0.39 is 0 Å². The molecule has 0 saturated heterocycles. The van der Waals surface area contributed by atoms with Gasteiger partial charge in [0.05, 0.1) is 0 Å². The summed E-state index contributed by atoms with van der Waals surface area (Å²) in [6.45, 7) is 4.41. The second-order valence-electron chi connectivity index (χ2n) is 5.50. The van der Waals surface area contributed by atoms with E-state index in [4.69, 9.17) is 10.5 Å². The number of ether oxygens (including phenoxy) is 1. The molecule has 3 unspecified atom stereocenters. The van der Waals surface area contributed by atoms with Gasteiger partial charge in [-0.15, -0.1) is 0 Å². The van der Waals surface area contributed by atoms with Crippen molar-refractivity contribution in [2.24, 2.45) is 11.7 Å². The lowest BCUT2D eigenvalue weighted by Crippen LogP contribution is -2.28. The first-order valence-electron chi connectivity index (χ1n) is 7.23. The van der Waals surface area contributed by atoms with Gasteiger partial charge >= 0.3 is 0 Å². The predicted molar refractivity (Wildman–Crippen MR) is 75.7 cm³/mol. The maximum Gasteiger partial charge on any atom is 0.119 e. The van der Waals surface area contributed by atoms with E-state index in [2.05, 4.69) is 38.1 Å². The zero-order valence-corrected chi connectivity index (χ0v) is 11.6. The number of nitrogens with two attached hydrogens (primary N) is 1. The molecule has 1 aromatic rings. The largest absolute Gasteiger partial charge is 0.490 e. The minimum atomic E-state index is 0.146. The van der Waals surface area contributed by atoms with Crippen LogP contribution in [0.5, 0.6) is 5.75 Å². The van der Waals surface area contributed by atoms with Gasteiger partial charge in [0, 0.05) is 6.04 Å². The van der Waals surface area contributed by atoms with Gasteiger partial charge in [0.2, 0.25) is 0 Å². The lowest BCUT2D eigenvalue weighted by molar-refractivity contribution is 0.102. The Labute approximate surface area is 111 Å². The van der Waals surface area contributed by atoms with Crippen LogP contribution in [0.2, 0.25) is 0 Å². The summed E-state index contributed by atoms with van der Waals surface area (Å²) < 4.78 is 6.10. The highest BCUT2D eigenvalue weighted by molar-refractivity contribution is 5.29. The second-order valence-corrected chi connectivity index (χ2v) is 5.50. The molecule has 2 nitrogen and oxygen atoms in total. The molecule has 100 valence electrons. The van der Waals surface area contributed by atoms with Crippen LogP contribution in [0, 0.1) is 5.92 Å². The Bertz CT molecular complexity index is 360. The van der Waals surface area contributed by atoms with Crippen LogP contribution in [0.15, 0.2) is 24.3 Å². The van der Waals surface area contributed by atoms with E-state index in [1.54, 1.807) is 0 Å². The monoisotopic (exact) mass is 247 g/mol. The Morgan fingerprint density at radius 3 is 2.50 bits per heavy atom. The van der Waals surface area contributed by atoms with E-state index in [0.29, 0.717) is 12.0 Å². The van der Waals surface area contributed by atoms with E-state index in [1.807, 2.05) is 0 Å². The molecule has 0 aromatic heterocycles. The van der Waals surface area contributed by atoms with Crippen LogP contribution < -0.4 is 10.5 Å². The zero-order valence-electron chi connectivity index (χ0n) is 11.6. The minimum Gasteiger partial charge on any atom is -0.490 e. The van der Waals surface area contributed by atoms with Crippen molar-refractivity contribution in [2.75, 3.05) is 0 Å². The van der Waals surface area contributed by atoms with Crippen molar-refractivity contribution in [3.63, 3.8) is 0 Å². The summed E-state index contributed by atoms with van der Waals surface area (Å²) in [6.07, 6.45) is 6.50. The fourth-order valence-corrected chi connectivity index (χ4v) is 2.66. The molecule has 1 aliphatic rings. The number of rotatable bonds is 4. The van der Waals surface area contributed by atoms with E-state index in [0.717, 1.165) is 12.2 Å². The number of hydrogen-bond acceptors (Lipinski definition) is 2. The van der Waals surface area contributed by atoms with Crippen molar-refractivity contribution in [3.05, 3.63) is 29.8 Å². The summed E-state index contributed by atoms with van der Waals surface area (Å²) >= 11 is 0. The van der Waals surface area contributed by atoms with Crippen molar-refractivity contribution in [1.82, 2.24) is 0 Å². The summed E-state index contributed by atoms with van der Waals surface area (Å²) in [4.78, 5) is 0. The van der Waals surface area contributed by atoms with Gasteiger partial charge in [-0.3, -0.25) is 0 Å². The fraction of sp³-hybridized carbons (Fsp3) is 0.625. The van der Waals surface area contributed by atoms with Gasteiger partial charge in [-0.25, -0.2) is 0 Å². The highest BCUT2D eigenvalue weighted by atomic mass is 16.5. The maximum absolute atomic E-state index is 6.10. The molecule has 18 heavy (non-hydrogen) atoms. The molecular weight excluding hydrogens is 222 g/mol. The first-order chi connectivity index (χ1) is 8.70. The summed E-state index contributed by atoms with van der Waals surface area (Å²) in [5.41, 5.74) is 7.21. The van der Waals surface area contributed by atoms with Crippen molar-refractivity contribution >= 4 is 0 Å². The second kappa shape index (κ2) is 6.24. The summed E-state index contributed by atoms with van der Waals surface area (Å²) in [5.74, 6) is 1.66. The molecule has 0 radical (unpaired) electrons. The number of hydrogen-bond donors (Lipinski definition) is 1. The molecule has 2 N–H and O–H groups in total.